The third-order valence-electron chi connectivity index (χ3n) is 4.44. The molecule has 0 aliphatic rings. The molecule has 2 aromatic carbocycles. The molecule has 0 radical (unpaired) electrons. The van der Waals surface area contributed by atoms with Gasteiger partial charge in [-0.2, -0.15) is 0 Å². The molecular formula is C20H26O9. The summed E-state index contributed by atoms with van der Waals surface area (Å²) in [6, 6.07) is 8.60. The zero-order valence-electron chi connectivity index (χ0n) is 16.1. The molecule has 0 amide bonds. The van der Waals surface area contributed by atoms with E-state index in [0.29, 0.717) is 11.1 Å². The third kappa shape index (κ3) is 5.28. The van der Waals surface area contributed by atoms with Crippen molar-refractivity contribution in [3.63, 3.8) is 0 Å². The van der Waals surface area contributed by atoms with Gasteiger partial charge in [0.1, 0.15) is 18.3 Å². The van der Waals surface area contributed by atoms with E-state index in [4.69, 9.17) is 19.3 Å². The molecule has 6 N–H and O–H groups in total. The number of benzene rings is 2. The summed E-state index contributed by atoms with van der Waals surface area (Å²) in [5.41, 5.74) is 0.649. The Labute approximate surface area is 168 Å². The van der Waals surface area contributed by atoms with Crippen LogP contribution < -0.4 is 14.2 Å². The van der Waals surface area contributed by atoms with E-state index in [-0.39, 0.29) is 23.0 Å². The van der Waals surface area contributed by atoms with Crippen molar-refractivity contribution in [1.82, 2.24) is 0 Å². The highest BCUT2D eigenvalue weighted by molar-refractivity contribution is 5.45. The van der Waals surface area contributed by atoms with Gasteiger partial charge in [-0.15, -0.1) is 0 Å². The monoisotopic (exact) mass is 410 g/mol. The molecule has 0 heterocycles. The van der Waals surface area contributed by atoms with E-state index in [1.165, 1.54) is 50.6 Å². The molecule has 2 rings (SSSR count). The summed E-state index contributed by atoms with van der Waals surface area (Å²) in [5, 5.41) is 58.6. The number of aliphatic hydroxyl groups excluding tert-OH is 5. The lowest BCUT2D eigenvalue weighted by atomic mass is 10.0. The summed E-state index contributed by atoms with van der Waals surface area (Å²) in [6.45, 7) is -1.14. The lowest BCUT2D eigenvalue weighted by molar-refractivity contribution is -0.0156. The molecule has 9 nitrogen and oxygen atoms in total. The van der Waals surface area contributed by atoms with Crippen LogP contribution in [0, 0.1) is 0 Å². The average Bonchev–Trinajstić information content (AvgIpc) is 2.76. The zero-order chi connectivity index (χ0) is 21.6. The van der Waals surface area contributed by atoms with Crippen molar-refractivity contribution in [2.24, 2.45) is 0 Å². The second kappa shape index (κ2) is 10.3. The minimum Gasteiger partial charge on any atom is -0.504 e. The molecule has 29 heavy (non-hydrogen) atoms. The van der Waals surface area contributed by atoms with E-state index < -0.39 is 37.6 Å². The van der Waals surface area contributed by atoms with E-state index in [2.05, 4.69) is 0 Å². The number of hydrogen-bond acceptors (Lipinski definition) is 9. The van der Waals surface area contributed by atoms with Gasteiger partial charge >= 0.3 is 0 Å². The van der Waals surface area contributed by atoms with Crippen molar-refractivity contribution >= 4 is 0 Å². The number of phenols is 1. The Bertz CT molecular complexity index is 796. The minimum atomic E-state index is -1.36. The Kier molecular flexibility index (Phi) is 8.06. The van der Waals surface area contributed by atoms with Crippen LogP contribution in [0.5, 0.6) is 23.0 Å². The fourth-order valence-corrected chi connectivity index (χ4v) is 2.74. The van der Waals surface area contributed by atoms with Crippen LogP contribution in [0.25, 0.3) is 0 Å². The van der Waals surface area contributed by atoms with Crippen molar-refractivity contribution < 1.29 is 44.8 Å². The average molecular weight is 410 g/mol. The second-order valence-electron chi connectivity index (χ2n) is 6.32. The van der Waals surface area contributed by atoms with E-state index >= 15 is 0 Å². The van der Waals surface area contributed by atoms with Gasteiger partial charge in [0.25, 0.3) is 0 Å². The van der Waals surface area contributed by atoms with Crippen LogP contribution in [-0.2, 0) is 0 Å². The molecule has 0 aliphatic heterocycles. The highest BCUT2D eigenvalue weighted by Crippen LogP contribution is 2.35. The van der Waals surface area contributed by atoms with Crippen molar-refractivity contribution in [2.45, 2.75) is 24.4 Å². The van der Waals surface area contributed by atoms with Crippen molar-refractivity contribution in [3.05, 3.63) is 47.5 Å². The van der Waals surface area contributed by atoms with Gasteiger partial charge in [0.2, 0.25) is 0 Å². The second-order valence-corrected chi connectivity index (χ2v) is 6.32. The number of ether oxygens (including phenoxy) is 3. The van der Waals surface area contributed by atoms with Crippen LogP contribution in [0.15, 0.2) is 36.4 Å². The topological polar surface area (TPSA) is 149 Å². The molecule has 0 saturated heterocycles. The van der Waals surface area contributed by atoms with Gasteiger partial charge in [-0.25, -0.2) is 0 Å². The molecule has 0 spiro atoms. The standard InChI is InChI=1S/C20H26O9/c1-27-16-7-12(3-5-13(16)23)20(26)18(10-22)29-15-6-4-11(8-17(15)28-2)19(25)14(24)9-21/h3-8,14,18-26H,9-10H2,1-2H3/t14-,18+,19-,20+/m0/s1. The summed E-state index contributed by atoms with van der Waals surface area (Å²) in [6.07, 6.45) is -5.01. The Hall–Kier alpha value is -2.56. The lowest BCUT2D eigenvalue weighted by Crippen LogP contribution is -2.29. The maximum Gasteiger partial charge on any atom is 0.161 e. The van der Waals surface area contributed by atoms with Crippen LogP contribution in [-0.4, -0.2) is 70.3 Å². The van der Waals surface area contributed by atoms with Gasteiger partial charge in [-0.05, 0) is 35.4 Å². The smallest absolute Gasteiger partial charge is 0.161 e. The van der Waals surface area contributed by atoms with E-state index in [1.807, 2.05) is 0 Å². The van der Waals surface area contributed by atoms with Gasteiger partial charge in [0.05, 0.1) is 27.4 Å². The van der Waals surface area contributed by atoms with Gasteiger partial charge < -0.3 is 44.8 Å². The van der Waals surface area contributed by atoms with E-state index in [9.17, 15) is 25.5 Å². The highest BCUT2D eigenvalue weighted by Gasteiger charge is 2.25. The van der Waals surface area contributed by atoms with Gasteiger partial charge in [-0.3, -0.25) is 0 Å². The molecule has 0 aliphatic carbocycles. The molecule has 2 aromatic rings. The minimum absolute atomic E-state index is 0.0919. The summed E-state index contributed by atoms with van der Waals surface area (Å²) in [5.74, 6) is 0.453. The summed E-state index contributed by atoms with van der Waals surface area (Å²) >= 11 is 0. The zero-order valence-corrected chi connectivity index (χ0v) is 16.1. The molecule has 0 saturated carbocycles. The third-order valence-corrected chi connectivity index (χ3v) is 4.44. The lowest BCUT2D eigenvalue weighted by Gasteiger charge is -2.25. The first-order valence-electron chi connectivity index (χ1n) is 8.83. The first-order valence-corrected chi connectivity index (χ1v) is 8.83. The summed E-state index contributed by atoms with van der Waals surface area (Å²) < 4.78 is 16.0. The summed E-state index contributed by atoms with van der Waals surface area (Å²) in [4.78, 5) is 0. The summed E-state index contributed by atoms with van der Waals surface area (Å²) in [7, 11) is 2.75. The SMILES string of the molecule is COc1cc([C@@H](O)[C@@H](CO)Oc2ccc([C@H](O)[C@@H](O)CO)cc2OC)ccc1O. The maximum absolute atomic E-state index is 10.6. The molecule has 0 unspecified atom stereocenters. The Morgan fingerprint density at radius 1 is 0.759 bits per heavy atom. The highest BCUT2D eigenvalue weighted by atomic mass is 16.5. The van der Waals surface area contributed by atoms with Gasteiger partial charge in [-0.1, -0.05) is 12.1 Å². The van der Waals surface area contributed by atoms with Crippen LogP contribution in [0.1, 0.15) is 23.3 Å². The van der Waals surface area contributed by atoms with Gasteiger partial charge in [0, 0.05) is 0 Å². The molecular weight excluding hydrogens is 384 g/mol. The predicted octanol–water partition coefficient (Wildman–Crippen LogP) is 0.269. The van der Waals surface area contributed by atoms with Crippen LogP contribution in [0.2, 0.25) is 0 Å². The fraction of sp³-hybridized carbons (Fsp3) is 0.400. The Morgan fingerprint density at radius 2 is 1.34 bits per heavy atom. The fourth-order valence-electron chi connectivity index (χ4n) is 2.74. The predicted molar refractivity (Wildman–Crippen MR) is 102 cm³/mol. The first kappa shape index (κ1) is 22.7. The largest absolute Gasteiger partial charge is 0.504 e. The van der Waals surface area contributed by atoms with E-state index in [0.717, 1.165) is 0 Å². The Balaban J connectivity index is 2.25. The Morgan fingerprint density at radius 3 is 1.93 bits per heavy atom. The van der Waals surface area contributed by atoms with Crippen molar-refractivity contribution in [3.8, 4) is 23.0 Å². The number of phenolic OH excluding ortho intramolecular Hbond substituents is 1. The van der Waals surface area contributed by atoms with Crippen molar-refractivity contribution in [2.75, 3.05) is 27.4 Å². The molecule has 0 bridgehead atoms. The van der Waals surface area contributed by atoms with Crippen LogP contribution in [0.3, 0.4) is 0 Å². The number of rotatable bonds is 10. The number of aromatic hydroxyl groups is 1. The maximum atomic E-state index is 10.6. The quantitative estimate of drug-likeness (QED) is 0.324. The normalized spacial score (nSPS) is 15.3. The number of aliphatic hydroxyl groups is 5. The number of hydrogen-bond donors (Lipinski definition) is 6. The van der Waals surface area contributed by atoms with E-state index in [1.54, 1.807) is 0 Å². The van der Waals surface area contributed by atoms with Crippen LogP contribution in [0.4, 0.5) is 0 Å². The molecule has 0 aromatic heterocycles. The van der Waals surface area contributed by atoms with Crippen molar-refractivity contribution in [1.29, 1.82) is 0 Å². The van der Waals surface area contributed by atoms with Gasteiger partial charge in [0.15, 0.2) is 29.1 Å². The molecule has 0 fully saturated rings. The molecule has 4 atom stereocenters. The number of methoxy groups -OCH3 is 2. The first-order chi connectivity index (χ1) is 13.9. The molecule has 160 valence electrons. The molecule has 9 heteroatoms. The van der Waals surface area contributed by atoms with Crippen LogP contribution >= 0.6 is 0 Å².